The van der Waals surface area contributed by atoms with Crippen LogP contribution in [0.1, 0.15) is 21.8 Å². The largest absolute Gasteiger partial charge is 0.460 e. The van der Waals surface area contributed by atoms with Gasteiger partial charge in [-0.3, -0.25) is 9.89 Å². The van der Waals surface area contributed by atoms with Gasteiger partial charge in [-0.2, -0.15) is 5.10 Å². The third kappa shape index (κ3) is 2.96. The monoisotopic (exact) mass is 351 g/mol. The number of aryl methyl sites for hydroxylation is 1. The summed E-state index contributed by atoms with van der Waals surface area (Å²) in [5.74, 6) is 1.37. The molecule has 1 aromatic carbocycles. The van der Waals surface area contributed by atoms with Gasteiger partial charge in [-0.25, -0.2) is 0 Å². The number of H-pyrrole nitrogens is 1. The van der Waals surface area contributed by atoms with Crippen molar-refractivity contribution in [1.29, 1.82) is 0 Å². The van der Waals surface area contributed by atoms with Gasteiger partial charge in [0.1, 0.15) is 11.5 Å². The van der Waals surface area contributed by atoms with Crippen molar-refractivity contribution in [3.8, 4) is 11.5 Å². The first-order valence-electron chi connectivity index (χ1n) is 7.94. The number of amides is 1. The Morgan fingerprint density at radius 2 is 2.12 bits per heavy atom. The molecule has 3 heterocycles. The predicted octanol–water partition coefficient (Wildman–Crippen LogP) is 4.47. The van der Waals surface area contributed by atoms with Crippen molar-refractivity contribution in [2.45, 2.75) is 13.5 Å². The molecule has 0 unspecified atom stereocenters. The van der Waals surface area contributed by atoms with Crippen molar-refractivity contribution in [2.75, 3.05) is 7.05 Å². The molecule has 1 amide bonds. The van der Waals surface area contributed by atoms with Gasteiger partial charge in [0.15, 0.2) is 11.5 Å². The number of thiophene rings is 1. The van der Waals surface area contributed by atoms with Gasteiger partial charge in [-0.1, -0.05) is 18.2 Å². The number of nitrogens with zero attached hydrogens (tertiary/aromatic N) is 2. The highest BCUT2D eigenvalue weighted by molar-refractivity contribution is 7.17. The third-order valence-electron chi connectivity index (χ3n) is 4.12. The van der Waals surface area contributed by atoms with Gasteiger partial charge >= 0.3 is 0 Å². The van der Waals surface area contributed by atoms with Crippen LogP contribution in [0.3, 0.4) is 0 Å². The Morgan fingerprint density at radius 1 is 1.28 bits per heavy atom. The van der Waals surface area contributed by atoms with Crippen molar-refractivity contribution in [2.24, 2.45) is 0 Å². The van der Waals surface area contributed by atoms with Gasteiger partial charge in [0, 0.05) is 24.4 Å². The SMILES string of the molecule is Cc1ccc(-c2cc(C(=O)N(C)Cc3csc4ccccc34)n[nH]2)o1. The summed E-state index contributed by atoms with van der Waals surface area (Å²) in [7, 11) is 1.79. The zero-order valence-electron chi connectivity index (χ0n) is 13.9. The minimum Gasteiger partial charge on any atom is -0.460 e. The molecule has 25 heavy (non-hydrogen) atoms. The van der Waals surface area contributed by atoms with E-state index in [4.69, 9.17) is 4.42 Å². The Kier molecular flexibility index (Phi) is 3.89. The highest BCUT2D eigenvalue weighted by Crippen LogP contribution is 2.27. The quantitative estimate of drug-likeness (QED) is 0.590. The van der Waals surface area contributed by atoms with Crippen LogP contribution in [0.2, 0.25) is 0 Å². The van der Waals surface area contributed by atoms with Crippen LogP contribution < -0.4 is 0 Å². The number of furan rings is 1. The van der Waals surface area contributed by atoms with Crippen LogP contribution in [-0.2, 0) is 6.54 Å². The van der Waals surface area contributed by atoms with E-state index in [-0.39, 0.29) is 5.91 Å². The summed E-state index contributed by atoms with van der Waals surface area (Å²) in [6.07, 6.45) is 0. The molecule has 126 valence electrons. The summed E-state index contributed by atoms with van der Waals surface area (Å²) in [6, 6.07) is 13.7. The summed E-state index contributed by atoms with van der Waals surface area (Å²) in [4.78, 5) is 14.4. The zero-order chi connectivity index (χ0) is 17.4. The fourth-order valence-electron chi connectivity index (χ4n) is 2.81. The molecule has 0 spiro atoms. The number of carbonyl (C=O) groups excluding carboxylic acids is 1. The summed E-state index contributed by atoms with van der Waals surface area (Å²) in [5, 5.41) is 10.3. The van der Waals surface area contributed by atoms with E-state index in [2.05, 4.69) is 27.7 Å². The molecule has 0 aliphatic rings. The molecule has 4 aromatic rings. The Balaban J connectivity index is 1.53. The van der Waals surface area contributed by atoms with Gasteiger partial charge in [0.2, 0.25) is 0 Å². The van der Waals surface area contributed by atoms with E-state index in [0.29, 0.717) is 23.7 Å². The molecule has 0 radical (unpaired) electrons. The van der Waals surface area contributed by atoms with Crippen LogP contribution in [0.5, 0.6) is 0 Å². The highest BCUT2D eigenvalue weighted by atomic mass is 32.1. The van der Waals surface area contributed by atoms with Crippen LogP contribution in [0.25, 0.3) is 21.5 Å². The summed E-state index contributed by atoms with van der Waals surface area (Å²) in [6.45, 7) is 2.43. The minimum atomic E-state index is -0.124. The molecule has 0 saturated heterocycles. The average molecular weight is 351 g/mol. The third-order valence-corrected chi connectivity index (χ3v) is 5.13. The Morgan fingerprint density at radius 3 is 2.92 bits per heavy atom. The number of aromatic amines is 1. The van der Waals surface area contributed by atoms with Crippen LogP contribution in [0, 0.1) is 6.92 Å². The molecule has 0 aliphatic carbocycles. The highest BCUT2D eigenvalue weighted by Gasteiger charge is 2.18. The van der Waals surface area contributed by atoms with Crippen molar-refractivity contribution in [1.82, 2.24) is 15.1 Å². The maximum atomic E-state index is 12.7. The van der Waals surface area contributed by atoms with Crippen molar-refractivity contribution < 1.29 is 9.21 Å². The number of aromatic nitrogens is 2. The molecule has 3 aromatic heterocycles. The molecule has 6 heteroatoms. The minimum absolute atomic E-state index is 0.124. The van der Waals surface area contributed by atoms with E-state index in [9.17, 15) is 4.79 Å². The lowest BCUT2D eigenvalue weighted by atomic mass is 10.1. The van der Waals surface area contributed by atoms with E-state index in [0.717, 1.165) is 11.3 Å². The molecule has 1 N–H and O–H groups in total. The molecule has 5 nitrogen and oxygen atoms in total. The standard InChI is InChI=1S/C19H17N3O2S/c1-12-7-8-17(24-12)15-9-16(21-20-15)19(23)22(2)10-13-11-25-18-6-4-3-5-14(13)18/h3-9,11H,10H2,1-2H3,(H,20,21). The van der Waals surface area contributed by atoms with E-state index < -0.39 is 0 Å². The second-order valence-electron chi connectivity index (χ2n) is 6.00. The first-order valence-corrected chi connectivity index (χ1v) is 8.82. The van der Waals surface area contributed by atoms with Gasteiger partial charge in [0.25, 0.3) is 5.91 Å². The van der Waals surface area contributed by atoms with Gasteiger partial charge < -0.3 is 9.32 Å². The maximum Gasteiger partial charge on any atom is 0.274 e. The predicted molar refractivity (Wildman–Crippen MR) is 98.6 cm³/mol. The van der Waals surface area contributed by atoms with Crippen LogP contribution in [0.15, 0.2) is 52.3 Å². The van der Waals surface area contributed by atoms with Crippen LogP contribution in [0.4, 0.5) is 0 Å². The second-order valence-corrected chi connectivity index (χ2v) is 6.91. The summed E-state index contributed by atoms with van der Waals surface area (Å²) >= 11 is 1.70. The number of benzene rings is 1. The number of rotatable bonds is 4. The molecule has 0 saturated carbocycles. The normalized spacial score (nSPS) is 11.1. The fourth-order valence-corrected chi connectivity index (χ4v) is 3.77. The molecule has 0 atom stereocenters. The zero-order valence-corrected chi connectivity index (χ0v) is 14.8. The van der Waals surface area contributed by atoms with E-state index in [1.54, 1.807) is 29.4 Å². The second kappa shape index (κ2) is 6.22. The lowest BCUT2D eigenvalue weighted by Crippen LogP contribution is -2.26. The molecule has 0 fully saturated rings. The maximum absolute atomic E-state index is 12.7. The summed E-state index contributed by atoms with van der Waals surface area (Å²) in [5.41, 5.74) is 2.23. The Labute approximate surface area is 148 Å². The smallest absolute Gasteiger partial charge is 0.274 e. The van der Waals surface area contributed by atoms with Gasteiger partial charge in [-0.05, 0) is 41.5 Å². The Bertz CT molecular complexity index is 1040. The number of nitrogens with one attached hydrogen (secondary N) is 1. The first-order chi connectivity index (χ1) is 12.1. The first kappa shape index (κ1) is 15.7. The fraction of sp³-hybridized carbons (Fsp3) is 0.158. The molecule has 4 rings (SSSR count). The lowest BCUT2D eigenvalue weighted by molar-refractivity contribution is 0.0780. The number of carbonyl (C=O) groups is 1. The number of hydrogen-bond donors (Lipinski definition) is 1. The van der Waals surface area contributed by atoms with E-state index in [1.165, 1.54) is 10.1 Å². The van der Waals surface area contributed by atoms with E-state index in [1.807, 2.05) is 31.2 Å². The molecular formula is C19H17N3O2S. The number of fused-ring (bicyclic) bond motifs is 1. The molecular weight excluding hydrogens is 334 g/mol. The van der Waals surface area contributed by atoms with E-state index >= 15 is 0 Å². The van der Waals surface area contributed by atoms with Crippen molar-refractivity contribution >= 4 is 27.3 Å². The van der Waals surface area contributed by atoms with Gasteiger partial charge in [-0.15, -0.1) is 11.3 Å². The van der Waals surface area contributed by atoms with Crippen LogP contribution >= 0.6 is 11.3 Å². The molecule has 0 bridgehead atoms. The number of hydrogen-bond acceptors (Lipinski definition) is 4. The lowest BCUT2D eigenvalue weighted by Gasteiger charge is -2.15. The Hall–Kier alpha value is -2.86. The molecule has 0 aliphatic heterocycles. The average Bonchev–Trinajstić information content (AvgIpc) is 3.34. The van der Waals surface area contributed by atoms with Crippen molar-refractivity contribution in [3.05, 3.63) is 64.9 Å². The van der Waals surface area contributed by atoms with Crippen LogP contribution in [-0.4, -0.2) is 28.1 Å². The van der Waals surface area contributed by atoms with Gasteiger partial charge in [0.05, 0.1) is 0 Å². The summed E-state index contributed by atoms with van der Waals surface area (Å²) < 4.78 is 6.79. The topological polar surface area (TPSA) is 62.1 Å². The van der Waals surface area contributed by atoms with Crippen molar-refractivity contribution in [3.63, 3.8) is 0 Å².